The van der Waals surface area contributed by atoms with Gasteiger partial charge in [0.2, 0.25) is 17.7 Å². The van der Waals surface area contributed by atoms with Crippen molar-refractivity contribution in [3.8, 4) is 0 Å². The van der Waals surface area contributed by atoms with E-state index in [2.05, 4.69) is 16.0 Å². The van der Waals surface area contributed by atoms with Crippen molar-refractivity contribution < 1.29 is 24.4 Å². The van der Waals surface area contributed by atoms with E-state index in [1.165, 1.54) is 6.92 Å². The van der Waals surface area contributed by atoms with Gasteiger partial charge in [0.1, 0.15) is 18.1 Å². The molecule has 0 radical (unpaired) electrons. The maximum atomic E-state index is 13.5. The Morgan fingerprint density at radius 3 is 1.56 bits per heavy atom. The van der Waals surface area contributed by atoms with Crippen molar-refractivity contribution in [1.82, 2.24) is 21.4 Å². The van der Waals surface area contributed by atoms with E-state index in [0.29, 0.717) is 19.3 Å². The predicted octanol–water partition coefficient (Wildman–Crippen LogP) is 2.86. The number of benzene rings is 3. The zero-order chi connectivity index (χ0) is 29.5. The summed E-state index contributed by atoms with van der Waals surface area (Å²) in [5.41, 5.74) is 4.51. The largest absolute Gasteiger partial charge is 0.345 e. The molecule has 4 amide bonds. The van der Waals surface area contributed by atoms with Gasteiger partial charge < -0.3 is 16.0 Å². The second kappa shape index (κ2) is 16.6. The average Bonchev–Trinajstić information content (AvgIpc) is 2.99. The first-order valence-corrected chi connectivity index (χ1v) is 13.8. The minimum absolute atomic E-state index is 0.145. The highest BCUT2D eigenvalue weighted by atomic mass is 16.5. The molecule has 41 heavy (non-hydrogen) atoms. The number of aryl methyl sites for hydroxylation is 2. The highest BCUT2D eigenvalue weighted by Gasteiger charge is 2.29. The van der Waals surface area contributed by atoms with Crippen LogP contribution < -0.4 is 21.4 Å². The van der Waals surface area contributed by atoms with Crippen molar-refractivity contribution in [2.75, 3.05) is 0 Å². The summed E-state index contributed by atoms with van der Waals surface area (Å²) < 4.78 is 0. The second-order valence-corrected chi connectivity index (χ2v) is 9.94. The van der Waals surface area contributed by atoms with Crippen molar-refractivity contribution in [2.24, 2.45) is 0 Å². The van der Waals surface area contributed by atoms with Gasteiger partial charge in [0.25, 0.3) is 5.91 Å². The lowest BCUT2D eigenvalue weighted by molar-refractivity contribution is -0.136. The van der Waals surface area contributed by atoms with Gasteiger partial charge in [-0.1, -0.05) is 91.0 Å². The lowest BCUT2D eigenvalue weighted by atomic mass is 10.0. The molecule has 3 aromatic rings. The summed E-state index contributed by atoms with van der Waals surface area (Å²) in [5, 5.41) is 17.5. The van der Waals surface area contributed by atoms with E-state index in [1.54, 1.807) is 5.48 Å². The molecule has 216 valence electrons. The molecule has 9 nitrogen and oxygen atoms in total. The molecule has 0 aliphatic heterocycles. The van der Waals surface area contributed by atoms with Crippen LogP contribution in [-0.2, 0) is 38.4 Å². The van der Waals surface area contributed by atoms with Gasteiger partial charge in [0, 0.05) is 13.3 Å². The van der Waals surface area contributed by atoms with Crippen molar-refractivity contribution in [2.45, 2.75) is 63.6 Å². The summed E-state index contributed by atoms with van der Waals surface area (Å²) in [6.45, 7) is 1.35. The van der Waals surface area contributed by atoms with Crippen molar-refractivity contribution in [1.29, 1.82) is 0 Å². The van der Waals surface area contributed by atoms with E-state index in [9.17, 15) is 24.4 Å². The van der Waals surface area contributed by atoms with Crippen LogP contribution in [0.5, 0.6) is 0 Å². The van der Waals surface area contributed by atoms with Crippen LogP contribution in [0.15, 0.2) is 91.0 Å². The Morgan fingerprint density at radius 2 is 1.05 bits per heavy atom. The monoisotopic (exact) mass is 558 g/mol. The van der Waals surface area contributed by atoms with Gasteiger partial charge in [0.05, 0.1) is 0 Å². The molecule has 3 aromatic carbocycles. The Morgan fingerprint density at radius 1 is 0.585 bits per heavy atom. The maximum absolute atomic E-state index is 13.5. The minimum Gasteiger partial charge on any atom is -0.345 e. The molecule has 9 heteroatoms. The Bertz CT molecular complexity index is 1250. The Balaban J connectivity index is 1.73. The third-order valence-electron chi connectivity index (χ3n) is 6.72. The number of carbonyl (C=O) groups excluding carboxylic acids is 4. The molecule has 0 saturated heterocycles. The Hall–Kier alpha value is -4.50. The van der Waals surface area contributed by atoms with Crippen LogP contribution >= 0.6 is 0 Å². The molecule has 0 bridgehead atoms. The molecular weight excluding hydrogens is 520 g/mol. The Kier molecular flexibility index (Phi) is 12.5. The van der Waals surface area contributed by atoms with Gasteiger partial charge in [-0.15, -0.1) is 0 Å². The van der Waals surface area contributed by atoms with E-state index in [1.807, 2.05) is 91.0 Å². The molecule has 0 aliphatic rings. The molecule has 3 rings (SSSR count). The molecule has 0 aromatic heterocycles. The van der Waals surface area contributed by atoms with E-state index in [-0.39, 0.29) is 18.7 Å². The first-order chi connectivity index (χ1) is 19.9. The van der Waals surface area contributed by atoms with E-state index < -0.39 is 35.8 Å². The third-order valence-corrected chi connectivity index (χ3v) is 6.72. The van der Waals surface area contributed by atoms with Gasteiger partial charge in [-0.2, -0.15) is 0 Å². The number of amides is 4. The molecule has 3 atom stereocenters. The molecule has 0 aliphatic carbocycles. The maximum Gasteiger partial charge on any atom is 0.266 e. The first-order valence-electron chi connectivity index (χ1n) is 13.8. The van der Waals surface area contributed by atoms with Gasteiger partial charge in [0.15, 0.2) is 0 Å². The summed E-state index contributed by atoms with van der Waals surface area (Å²) in [7, 11) is 0. The number of hydrogen-bond acceptors (Lipinski definition) is 5. The fourth-order valence-corrected chi connectivity index (χ4v) is 4.58. The van der Waals surface area contributed by atoms with Crippen LogP contribution in [0.2, 0.25) is 0 Å². The quantitative estimate of drug-likeness (QED) is 0.144. The normalized spacial score (nSPS) is 12.8. The summed E-state index contributed by atoms with van der Waals surface area (Å²) in [5.74, 6) is -2.16. The van der Waals surface area contributed by atoms with Crippen LogP contribution in [0.1, 0.15) is 42.9 Å². The van der Waals surface area contributed by atoms with E-state index >= 15 is 0 Å². The standard InChI is InChI=1S/C32H38N4O5/c1-23(37)33-27(19-11-18-24-12-5-2-6-13-24)30(38)34-28(21-20-25-14-7-3-8-15-25)31(39)35-29(32(40)36-41)22-26-16-9-4-10-17-26/h2-10,12-17,27-29,41H,11,18-22H2,1H3,(H,33,37)(H,34,38)(H,35,39)(H,36,40)/t27-,28+,29+/m0/s1. The predicted molar refractivity (Wildman–Crippen MR) is 156 cm³/mol. The molecule has 0 unspecified atom stereocenters. The van der Waals surface area contributed by atoms with Gasteiger partial charge in [-0.25, -0.2) is 5.48 Å². The lowest BCUT2D eigenvalue weighted by Crippen LogP contribution is -2.57. The number of hydroxylamine groups is 1. The average molecular weight is 559 g/mol. The van der Waals surface area contributed by atoms with Crippen LogP contribution in [0.3, 0.4) is 0 Å². The van der Waals surface area contributed by atoms with Crippen LogP contribution in [0.25, 0.3) is 0 Å². The number of carbonyl (C=O) groups is 4. The van der Waals surface area contributed by atoms with Gasteiger partial charge in [-0.3, -0.25) is 24.4 Å². The number of rotatable bonds is 15. The van der Waals surface area contributed by atoms with Crippen LogP contribution in [-0.4, -0.2) is 47.0 Å². The van der Waals surface area contributed by atoms with Gasteiger partial charge >= 0.3 is 0 Å². The molecule has 0 fully saturated rings. The molecule has 5 N–H and O–H groups in total. The first kappa shape index (κ1) is 31.0. The highest BCUT2D eigenvalue weighted by molar-refractivity contribution is 5.94. The summed E-state index contributed by atoms with van der Waals surface area (Å²) in [6, 6.07) is 25.6. The molecule has 0 saturated carbocycles. The molecular formula is C32H38N4O5. The summed E-state index contributed by atoms with van der Waals surface area (Å²) in [4.78, 5) is 51.2. The second-order valence-electron chi connectivity index (χ2n) is 9.94. The summed E-state index contributed by atoms with van der Waals surface area (Å²) in [6.07, 6.45) is 2.67. The minimum atomic E-state index is -1.07. The highest BCUT2D eigenvalue weighted by Crippen LogP contribution is 2.11. The lowest BCUT2D eigenvalue weighted by Gasteiger charge is -2.25. The van der Waals surface area contributed by atoms with E-state index in [0.717, 1.165) is 23.1 Å². The molecule has 0 heterocycles. The third kappa shape index (κ3) is 10.9. The SMILES string of the molecule is CC(=O)N[C@@H](CCCc1ccccc1)C(=O)N[C@H](CCc1ccccc1)C(=O)N[C@H](Cc1ccccc1)C(=O)NO. The van der Waals surface area contributed by atoms with Crippen molar-refractivity contribution in [3.63, 3.8) is 0 Å². The topological polar surface area (TPSA) is 137 Å². The Labute approximate surface area is 240 Å². The number of hydrogen-bond donors (Lipinski definition) is 5. The zero-order valence-electron chi connectivity index (χ0n) is 23.2. The van der Waals surface area contributed by atoms with Crippen molar-refractivity contribution in [3.05, 3.63) is 108 Å². The van der Waals surface area contributed by atoms with Crippen molar-refractivity contribution >= 4 is 23.6 Å². The fourth-order valence-electron chi connectivity index (χ4n) is 4.58. The zero-order valence-corrected chi connectivity index (χ0v) is 23.2. The van der Waals surface area contributed by atoms with Crippen LogP contribution in [0.4, 0.5) is 0 Å². The van der Waals surface area contributed by atoms with E-state index in [4.69, 9.17) is 0 Å². The number of nitrogens with one attached hydrogen (secondary N) is 4. The fraction of sp³-hybridized carbons (Fsp3) is 0.312. The summed E-state index contributed by atoms with van der Waals surface area (Å²) >= 11 is 0. The van der Waals surface area contributed by atoms with Crippen LogP contribution in [0, 0.1) is 0 Å². The molecule has 0 spiro atoms. The smallest absolute Gasteiger partial charge is 0.266 e. The van der Waals surface area contributed by atoms with Gasteiger partial charge in [-0.05, 0) is 48.8 Å².